The van der Waals surface area contributed by atoms with Crippen LogP contribution in [0.2, 0.25) is 0 Å². The average molecular weight is 395 g/mol. The summed E-state index contributed by atoms with van der Waals surface area (Å²) in [6.45, 7) is 0.293. The molecule has 0 saturated carbocycles. The zero-order valence-corrected chi connectivity index (χ0v) is 16.0. The fraction of sp³-hybridized carbons (Fsp3) is 0.0417. The van der Waals surface area contributed by atoms with Crippen molar-refractivity contribution in [1.29, 1.82) is 5.26 Å². The first-order valence-corrected chi connectivity index (χ1v) is 9.40. The van der Waals surface area contributed by atoms with Crippen LogP contribution >= 0.6 is 0 Å². The van der Waals surface area contributed by atoms with Crippen molar-refractivity contribution in [1.82, 2.24) is 9.97 Å². The molecule has 0 aliphatic heterocycles. The van der Waals surface area contributed by atoms with Crippen LogP contribution < -0.4 is 10.6 Å². The molecule has 0 unspecified atom stereocenters. The smallest absolute Gasteiger partial charge is 0.229 e. The first-order valence-electron chi connectivity index (χ1n) is 9.40. The van der Waals surface area contributed by atoms with Crippen LogP contribution in [0, 0.1) is 17.1 Å². The van der Waals surface area contributed by atoms with E-state index in [0.29, 0.717) is 35.1 Å². The lowest BCUT2D eigenvalue weighted by Crippen LogP contribution is -2.06. The number of halogens is 1. The Morgan fingerprint density at radius 3 is 2.47 bits per heavy atom. The number of rotatable bonds is 6. The van der Waals surface area contributed by atoms with E-state index in [-0.39, 0.29) is 5.82 Å². The molecule has 4 rings (SSSR count). The van der Waals surface area contributed by atoms with Crippen LogP contribution in [-0.4, -0.2) is 9.97 Å². The van der Waals surface area contributed by atoms with Crippen molar-refractivity contribution in [3.63, 3.8) is 0 Å². The second-order valence-electron chi connectivity index (χ2n) is 6.59. The molecule has 30 heavy (non-hydrogen) atoms. The predicted molar refractivity (Wildman–Crippen MR) is 116 cm³/mol. The third kappa shape index (κ3) is 4.59. The molecule has 3 aromatic carbocycles. The van der Waals surface area contributed by atoms with Gasteiger partial charge in [-0.3, -0.25) is 0 Å². The number of aromatic nitrogens is 2. The van der Waals surface area contributed by atoms with Gasteiger partial charge in [0.05, 0.1) is 17.3 Å². The Labute approximate surface area is 173 Å². The summed E-state index contributed by atoms with van der Waals surface area (Å²) in [6, 6.07) is 27.4. The fourth-order valence-electron chi connectivity index (χ4n) is 2.97. The minimum absolute atomic E-state index is 0.269. The minimum atomic E-state index is -0.269. The quantitative estimate of drug-likeness (QED) is 0.450. The van der Waals surface area contributed by atoms with Gasteiger partial charge >= 0.3 is 0 Å². The van der Waals surface area contributed by atoms with Crippen molar-refractivity contribution in [2.24, 2.45) is 0 Å². The Morgan fingerprint density at radius 2 is 1.67 bits per heavy atom. The third-order valence-corrected chi connectivity index (χ3v) is 4.46. The molecule has 0 aliphatic carbocycles. The van der Waals surface area contributed by atoms with E-state index >= 15 is 0 Å². The van der Waals surface area contributed by atoms with E-state index in [1.165, 1.54) is 6.07 Å². The second-order valence-corrected chi connectivity index (χ2v) is 6.59. The highest BCUT2D eigenvalue weighted by Crippen LogP contribution is 2.24. The number of anilines is 3. The Bertz CT molecular complexity index is 1200. The molecule has 2 N–H and O–H groups in total. The molecule has 4 aromatic rings. The topological polar surface area (TPSA) is 73.6 Å². The van der Waals surface area contributed by atoms with Crippen molar-refractivity contribution in [2.45, 2.75) is 6.54 Å². The highest BCUT2D eigenvalue weighted by molar-refractivity contribution is 5.66. The van der Waals surface area contributed by atoms with Gasteiger partial charge in [-0.05, 0) is 24.3 Å². The zero-order chi connectivity index (χ0) is 20.8. The van der Waals surface area contributed by atoms with Crippen molar-refractivity contribution in [3.8, 4) is 17.3 Å². The molecule has 0 bridgehead atoms. The monoisotopic (exact) mass is 395 g/mol. The number of benzene rings is 3. The zero-order valence-electron chi connectivity index (χ0n) is 16.0. The van der Waals surface area contributed by atoms with Crippen LogP contribution in [0.5, 0.6) is 0 Å². The molecule has 1 heterocycles. The fourth-order valence-corrected chi connectivity index (χ4v) is 2.97. The van der Waals surface area contributed by atoms with Gasteiger partial charge in [-0.15, -0.1) is 0 Å². The summed E-state index contributed by atoms with van der Waals surface area (Å²) in [5.74, 6) is 0.669. The van der Waals surface area contributed by atoms with Gasteiger partial charge in [0.1, 0.15) is 11.6 Å². The van der Waals surface area contributed by atoms with E-state index in [1.807, 2.05) is 42.5 Å². The number of hydrogen-bond acceptors (Lipinski definition) is 5. The summed E-state index contributed by atoms with van der Waals surface area (Å²) in [5.41, 5.74) is 3.45. The van der Waals surface area contributed by atoms with Gasteiger partial charge in [-0.25, -0.2) is 9.37 Å². The largest absolute Gasteiger partial charge is 0.366 e. The lowest BCUT2D eigenvalue weighted by Gasteiger charge is -2.12. The van der Waals surface area contributed by atoms with Gasteiger partial charge in [-0.2, -0.15) is 10.2 Å². The van der Waals surface area contributed by atoms with Crippen LogP contribution in [-0.2, 0) is 6.54 Å². The summed E-state index contributed by atoms with van der Waals surface area (Å²) in [6.07, 6.45) is 0. The van der Waals surface area contributed by atoms with Crippen LogP contribution in [0.3, 0.4) is 0 Å². The van der Waals surface area contributed by atoms with Gasteiger partial charge in [0.15, 0.2) is 0 Å². The third-order valence-electron chi connectivity index (χ3n) is 4.46. The number of hydrogen-bond donors (Lipinski definition) is 2. The normalized spacial score (nSPS) is 10.3. The summed E-state index contributed by atoms with van der Waals surface area (Å²) < 4.78 is 14.0. The molecule has 0 saturated heterocycles. The molecule has 0 fully saturated rings. The number of nitrogens with one attached hydrogen (secondary N) is 2. The number of nitriles is 1. The van der Waals surface area contributed by atoms with E-state index in [2.05, 4.69) is 26.7 Å². The molecule has 0 amide bonds. The van der Waals surface area contributed by atoms with E-state index in [0.717, 1.165) is 11.3 Å². The molecule has 1 aromatic heterocycles. The van der Waals surface area contributed by atoms with E-state index in [9.17, 15) is 4.39 Å². The maximum absolute atomic E-state index is 14.0. The minimum Gasteiger partial charge on any atom is -0.366 e. The van der Waals surface area contributed by atoms with Gasteiger partial charge in [-0.1, -0.05) is 54.6 Å². The molecule has 6 heteroatoms. The lowest BCUT2D eigenvalue weighted by atomic mass is 10.1. The molecule has 0 spiro atoms. The Morgan fingerprint density at radius 1 is 0.867 bits per heavy atom. The van der Waals surface area contributed by atoms with Crippen molar-refractivity contribution < 1.29 is 4.39 Å². The lowest BCUT2D eigenvalue weighted by molar-refractivity contribution is 0.613. The van der Waals surface area contributed by atoms with Crippen LogP contribution in [0.15, 0.2) is 84.9 Å². The standard InChI is InChI=1S/C24H18FN5/c25-21-12-5-4-10-19(21)16-27-23-14-22(18-8-2-1-3-9-18)29-24(30-23)28-20-11-6-7-17(13-20)15-26/h1-14H,16H2,(H2,27,28,29,30). The molecular formula is C24H18FN5. The molecule has 0 radical (unpaired) electrons. The van der Waals surface area contributed by atoms with Crippen molar-refractivity contribution in [2.75, 3.05) is 10.6 Å². The summed E-state index contributed by atoms with van der Waals surface area (Å²) in [5, 5.41) is 15.4. The Kier molecular flexibility index (Phi) is 5.63. The predicted octanol–water partition coefficient (Wildman–Crippen LogP) is 5.51. The SMILES string of the molecule is N#Cc1cccc(Nc2nc(NCc3ccccc3F)cc(-c3ccccc3)n2)c1. The van der Waals surface area contributed by atoms with E-state index in [1.54, 1.807) is 36.4 Å². The van der Waals surface area contributed by atoms with E-state index < -0.39 is 0 Å². The van der Waals surface area contributed by atoms with Crippen LogP contribution in [0.4, 0.5) is 21.8 Å². The maximum Gasteiger partial charge on any atom is 0.229 e. The molecule has 146 valence electrons. The summed E-state index contributed by atoms with van der Waals surface area (Å²) in [7, 11) is 0. The average Bonchev–Trinajstić information content (AvgIpc) is 2.79. The van der Waals surface area contributed by atoms with Crippen molar-refractivity contribution >= 4 is 17.5 Å². The molecule has 0 atom stereocenters. The molecule has 5 nitrogen and oxygen atoms in total. The van der Waals surface area contributed by atoms with Gasteiger partial charge in [0, 0.05) is 29.4 Å². The Hall–Kier alpha value is -4.24. The van der Waals surface area contributed by atoms with Gasteiger partial charge < -0.3 is 10.6 Å². The second kappa shape index (κ2) is 8.84. The van der Waals surface area contributed by atoms with Gasteiger partial charge in [0.2, 0.25) is 5.95 Å². The first-order chi connectivity index (χ1) is 14.7. The molecule has 0 aliphatic rings. The Balaban J connectivity index is 1.66. The summed E-state index contributed by atoms with van der Waals surface area (Å²) in [4.78, 5) is 9.12. The van der Waals surface area contributed by atoms with Crippen LogP contribution in [0.25, 0.3) is 11.3 Å². The van der Waals surface area contributed by atoms with E-state index in [4.69, 9.17) is 5.26 Å². The maximum atomic E-state index is 14.0. The first kappa shape index (κ1) is 19.1. The highest BCUT2D eigenvalue weighted by atomic mass is 19.1. The number of nitrogens with zero attached hydrogens (tertiary/aromatic N) is 3. The van der Waals surface area contributed by atoms with Crippen molar-refractivity contribution in [3.05, 3.63) is 102 Å². The highest BCUT2D eigenvalue weighted by Gasteiger charge is 2.09. The van der Waals surface area contributed by atoms with Crippen LogP contribution in [0.1, 0.15) is 11.1 Å². The molecular weight excluding hydrogens is 377 g/mol. The summed E-state index contributed by atoms with van der Waals surface area (Å²) >= 11 is 0. The van der Waals surface area contributed by atoms with Gasteiger partial charge in [0.25, 0.3) is 0 Å².